The molecule has 5 rings (SSSR count). The molecule has 1 aromatic rings. The molecule has 0 aromatic heterocycles. The number of nitrogens with zero attached hydrogens (tertiary/aromatic N) is 2. The molecule has 32 heavy (non-hydrogen) atoms. The van der Waals surface area contributed by atoms with Crippen LogP contribution in [0.25, 0.3) is 0 Å². The van der Waals surface area contributed by atoms with Crippen LogP contribution in [0.15, 0.2) is 24.3 Å². The van der Waals surface area contributed by atoms with Crippen molar-refractivity contribution in [3.8, 4) is 0 Å². The zero-order valence-corrected chi connectivity index (χ0v) is 18.7. The summed E-state index contributed by atoms with van der Waals surface area (Å²) in [5.41, 5.74) is 0.252. The first-order chi connectivity index (χ1) is 15.4. The number of likely N-dealkylation sites (tertiary alicyclic amines) is 1. The Labute approximate surface area is 188 Å². The van der Waals surface area contributed by atoms with E-state index in [2.05, 4.69) is 0 Å². The number of carbonyl (C=O) groups is 4. The number of hydrogen-bond donors (Lipinski definition) is 0. The molecule has 0 bridgehead atoms. The molecule has 1 aliphatic carbocycles. The Kier molecular flexibility index (Phi) is 5.10. The number of carbonyl (C=O) groups excluding carboxylic acids is 4. The van der Waals surface area contributed by atoms with Gasteiger partial charge in [0.25, 0.3) is 5.91 Å². The van der Waals surface area contributed by atoms with Crippen LogP contribution in [-0.2, 0) is 23.9 Å². The number of rotatable bonds is 4. The molecule has 0 radical (unpaired) electrons. The minimum atomic E-state index is -1.30. The lowest BCUT2D eigenvalue weighted by atomic mass is 9.79. The number of Topliss-reactive ketones (excluding diaryl/α,β-unsaturated/α-hetero) is 1. The molecule has 3 heterocycles. The normalized spacial score (nSPS) is 32.7. The third kappa shape index (κ3) is 2.93. The first kappa shape index (κ1) is 21.2. The maximum Gasteiger partial charge on any atom is 0.307 e. The van der Waals surface area contributed by atoms with Crippen LogP contribution in [0.3, 0.4) is 0 Å². The average Bonchev–Trinajstić information content (AvgIpc) is 3.14. The van der Waals surface area contributed by atoms with Gasteiger partial charge in [-0.1, -0.05) is 43.9 Å². The third-order valence-electron chi connectivity index (χ3n) is 7.85. The van der Waals surface area contributed by atoms with Crippen molar-refractivity contribution in [3.63, 3.8) is 0 Å². The molecule has 4 fully saturated rings. The van der Waals surface area contributed by atoms with Crippen molar-refractivity contribution >= 4 is 29.3 Å². The topological polar surface area (TPSA) is 84.0 Å². The molecule has 2 amide bonds. The minimum absolute atomic E-state index is 0.00287. The van der Waals surface area contributed by atoms with Gasteiger partial charge < -0.3 is 9.64 Å². The lowest BCUT2D eigenvalue weighted by molar-refractivity contribution is -0.153. The molecule has 0 unspecified atom stereocenters. The summed E-state index contributed by atoms with van der Waals surface area (Å²) in [5, 5.41) is 0. The van der Waals surface area contributed by atoms with E-state index in [1.807, 2.05) is 36.1 Å². The number of aryl methyl sites for hydroxylation is 1. The highest BCUT2D eigenvalue weighted by Gasteiger charge is 2.77. The fourth-order valence-corrected chi connectivity index (χ4v) is 6.55. The maximum absolute atomic E-state index is 14.1. The van der Waals surface area contributed by atoms with E-state index in [1.165, 1.54) is 6.92 Å². The van der Waals surface area contributed by atoms with Gasteiger partial charge in [0.15, 0.2) is 11.6 Å². The highest BCUT2D eigenvalue weighted by atomic mass is 16.6. The van der Waals surface area contributed by atoms with Crippen LogP contribution < -0.4 is 4.90 Å². The molecule has 170 valence electrons. The van der Waals surface area contributed by atoms with Gasteiger partial charge in [-0.25, -0.2) is 0 Å². The number of ketones is 1. The fourth-order valence-electron chi connectivity index (χ4n) is 6.55. The Hall–Kier alpha value is -2.70. The van der Waals surface area contributed by atoms with Gasteiger partial charge in [0.05, 0.1) is 18.4 Å². The van der Waals surface area contributed by atoms with Crippen LogP contribution in [0.1, 0.15) is 63.9 Å². The number of para-hydroxylation sites is 1. The molecule has 1 spiro atoms. The van der Waals surface area contributed by atoms with Crippen molar-refractivity contribution in [2.24, 2.45) is 5.92 Å². The second-order valence-corrected chi connectivity index (χ2v) is 9.79. The van der Waals surface area contributed by atoms with Gasteiger partial charge in [-0.3, -0.25) is 24.1 Å². The van der Waals surface area contributed by atoms with Crippen molar-refractivity contribution < 1.29 is 23.9 Å². The molecule has 0 N–H and O–H groups in total. The van der Waals surface area contributed by atoms with Crippen molar-refractivity contribution in [2.75, 3.05) is 4.90 Å². The van der Waals surface area contributed by atoms with E-state index in [0.717, 1.165) is 44.1 Å². The standard InChI is InChI=1S/C25H30N2O5/c1-15-9-7-8-12-19(15)27-22-24(31)26(17-10-5-3-4-6-11-17)20(13-16(2)28)25(22)18(23(27)30)14-21(29)32-25/h7-9,12,17-18,20,22H,3-6,10-11,13-14H2,1-2H3/t18-,20+,22+,25-/m1/s1. The van der Waals surface area contributed by atoms with E-state index in [0.29, 0.717) is 5.69 Å². The largest absolute Gasteiger partial charge is 0.453 e. The summed E-state index contributed by atoms with van der Waals surface area (Å²) in [7, 11) is 0. The smallest absolute Gasteiger partial charge is 0.307 e. The molecule has 3 saturated heterocycles. The van der Waals surface area contributed by atoms with E-state index < -0.39 is 29.6 Å². The Bertz CT molecular complexity index is 982. The highest BCUT2D eigenvalue weighted by molar-refractivity contribution is 6.12. The van der Waals surface area contributed by atoms with Crippen LogP contribution in [0.2, 0.25) is 0 Å². The van der Waals surface area contributed by atoms with E-state index >= 15 is 0 Å². The monoisotopic (exact) mass is 438 g/mol. The highest BCUT2D eigenvalue weighted by Crippen LogP contribution is 2.56. The quantitative estimate of drug-likeness (QED) is 0.533. The van der Waals surface area contributed by atoms with Gasteiger partial charge in [0.1, 0.15) is 5.78 Å². The minimum Gasteiger partial charge on any atom is -0.453 e. The van der Waals surface area contributed by atoms with E-state index in [-0.39, 0.29) is 36.5 Å². The second-order valence-electron chi connectivity index (χ2n) is 9.79. The van der Waals surface area contributed by atoms with Crippen LogP contribution in [0.5, 0.6) is 0 Å². The van der Waals surface area contributed by atoms with Crippen molar-refractivity contribution in [1.29, 1.82) is 0 Å². The van der Waals surface area contributed by atoms with E-state index in [1.54, 1.807) is 4.90 Å². The lowest BCUT2D eigenvalue weighted by Gasteiger charge is -2.38. The SMILES string of the molecule is CC(=O)C[C@@H]1N(C2CCCCCC2)C(=O)[C@@H]2N(c3ccccc3C)C(=O)[C@H]3CC(=O)O[C@@]321. The number of amides is 2. The van der Waals surface area contributed by atoms with Crippen LogP contribution in [-0.4, -0.2) is 52.2 Å². The van der Waals surface area contributed by atoms with Crippen molar-refractivity contribution in [2.45, 2.75) is 88.9 Å². The van der Waals surface area contributed by atoms with Crippen LogP contribution in [0.4, 0.5) is 5.69 Å². The van der Waals surface area contributed by atoms with Gasteiger partial charge >= 0.3 is 5.97 Å². The Balaban J connectivity index is 1.66. The van der Waals surface area contributed by atoms with Gasteiger partial charge in [-0.15, -0.1) is 0 Å². The molecule has 7 heteroatoms. The van der Waals surface area contributed by atoms with Crippen LogP contribution in [0, 0.1) is 12.8 Å². The zero-order chi connectivity index (χ0) is 22.6. The van der Waals surface area contributed by atoms with Crippen molar-refractivity contribution in [1.82, 2.24) is 4.90 Å². The molecule has 1 saturated carbocycles. The zero-order valence-electron chi connectivity index (χ0n) is 18.7. The van der Waals surface area contributed by atoms with E-state index in [9.17, 15) is 19.2 Å². The summed E-state index contributed by atoms with van der Waals surface area (Å²) in [5.74, 6) is -1.71. The first-order valence-electron chi connectivity index (χ1n) is 11.8. The molecule has 3 aliphatic heterocycles. The predicted octanol–water partition coefficient (Wildman–Crippen LogP) is 2.92. The summed E-state index contributed by atoms with van der Waals surface area (Å²) in [6.45, 7) is 3.41. The Morgan fingerprint density at radius 1 is 1.06 bits per heavy atom. The number of hydrogen-bond acceptors (Lipinski definition) is 5. The Morgan fingerprint density at radius 3 is 2.41 bits per heavy atom. The summed E-state index contributed by atoms with van der Waals surface area (Å²) in [6, 6.07) is 5.97. The molecule has 4 aliphatic rings. The maximum atomic E-state index is 14.1. The number of benzene rings is 1. The van der Waals surface area contributed by atoms with Gasteiger partial charge in [0, 0.05) is 18.2 Å². The van der Waals surface area contributed by atoms with Crippen LogP contribution >= 0.6 is 0 Å². The van der Waals surface area contributed by atoms with Crippen molar-refractivity contribution in [3.05, 3.63) is 29.8 Å². The van der Waals surface area contributed by atoms with Gasteiger partial charge in [-0.2, -0.15) is 0 Å². The van der Waals surface area contributed by atoms with Gasteiger partial charge in [-0.05, 0) is 38.3 Å². The van der Waals surface area contributed by atoms with Gasteiger partial charge in [0.2, 0.25) is 5.91 Å². The molecule has 7 nitrogen and oxygen atoms in total. The average molecular weight is 439 g/mol. The lowest BCUT2D eigenvalue weighted by Crippen LogP contribution is -2.54. The third-order valence-corrected chi connectivity index (χ3v) is 7.85. The summed E-state index contributed by atoms with van der Waals surface area (Å²) >= 11 is 0. The molecule has 1 aromatic carbocycles. The number of esters is 1. The number of ether oxygens (including phenoxy) is 1. The summed E-state index contributed by atoms with van der Waals surface area (Å²) < 4.78 is 5.98. The Morgan fingerprint density at radius 2 is 1.75 bits per heavy atom. The predicted molar refractivity (Wildman–Crippen MR) is 117 cm³/mol. The first-order valence-corrected chi connectivity index (χ1v) is 11.8. The fraction of sp³-hybridized carbons (Fsp3) is 0.600. The summed E-state index contributed by atoms with van der Waals surface area (Å²) in [6.07, 6.45) is 6.13. The van der Waals surface area contributed by atoms with E-state index in [4.69, 9.17) is 4.74 Å². The molecular weight excluding hydrogens is 408 g/mol. The second kappa shape index (κ2) is 7.71. The molecular formula is C25H30N2O5. The number of anilines is 1. The molecule has 4 atom stereocenters. The summed E-state index contributed by atoms with van der Waals surface area (Å²) in [4.78, 5) is 56.1.